The molecular formula is C14H14F3N3O2. The van der Waals surface area contributed by atoms with Gasteiger partial charge in [-0.25, -0.2) is 13.9 Å². The van der Waals surface area contributed by atoms with Crippen LogP contribution in [0.2, 0.25) is 0 Å². The molecule has 0 N–H and O–H groups in total. The molecule has 0 atom stereocenters. The standard InChI is InChI=1S/C14H14F3N3O2/c1-14(2,13(21)22-8-7-9(15)12(16)17)20-11-6-4-3-5-10(11)18-19-20/h3-6H,7-8H2,1-2H3. The molecular weight excluding hydrogens is 299 g/mol. The Morgan fingerprint density at radius 3 is 2.64 bits per heavy atom. The molecule has 8 heteroatoms. The summed E-state index contributed by atoms with van der Waals surface area (Å²) in [6.45, 7) is 2.63. The predicted molar refractivity (Wildman–Crippen MR) is 72.8 cm³/mol. The van der Waals surface area contributed by atoms with E-state index in [2.05, 4.69) is 10.3 Å². The summed E-state index contributed by atoms with van der Waals surface area (Å²) in [4.78, 5) is 12.1. The quantitative estimate of drug-likeness (QED) is 0.796. The van der Waals surface area contributed by atoms with Crippen LogP contribution in [0.4, 0.5) is 13.2 Å². The van der Waals surface area contributed by atoms with E-state index in [1.165, 1.54) is 4.68 Å². The number of nitrogens with zero attached hydrogens (tertiary/aromatic N) is 3. The van der Waals surface area contributed by atoms with Crippen LogP contribution in [0.15, 0.2) is 36.2 Å². The van der Waals surface area contributed by atoms with Gasteiger partial charge in [0, 0.05) is 6.42 Å². The van der Waals surface area contributed by atoms with Crippen molar-refractivity contribution in [2.24, 2.45) is 0 Å². The number of esters is 1. The van der Waals surface area contributed by atoms with Crippen LogP contribution in [0.3, 0.4) is 0 Å². The van der Waals surface area contributed by atoms with Crippen molar-refractivity contribution in [3.63, 3.8) is 0 Å². The summed E-state index contributed by atoms with van der Waals surface area (Å²) in [6, 6.07) is 7.04. The number of fused-ring (bicyclic) bond motifs is 1. The van der Waals surface area contributed by atoms with Gasteiger partial charge in [-0.2, -0.15) is 8.78 Å². The Hall–Kier alpha value is -2.38. The van der Waals surface area contributed by atoms with Gasteiger partial charge >= 0.3 is 12.0 Å². The van der Waals surface area contributed by atoms with Gasteiger partial charge in [0.2, 0.25) is 0 Å². The Balaban J connectivity index is 2.12. The molecule has 2 rings (SSSR count). The SMILES string of the molecule is CC(C)(C(=O)OCCC(F)=C(F)F)n1nnc2ccccc21. The highest BCUT2D eigenvalue weighted by Gasteiger charge is 2.34. The van der Waals surface area contributed by atoms with Crippen LogP contribution in [-0.2, 0) is 15.1 Å². The monoisotopic (exact) mass is 313 g/mol. The van der Waals surface area contributed by atoms with Crippen molar-refractivity contribution in [1.29, 1.82) is 0 Å². The number of aromatic nitrogens is 3. The maximum absolute atomic E-state index is 12.7. The van der Waals surface area contributed by atoms with Crippen LogP contribution in [0.5, 0.6) is 0 Å². The van der Waals surface area contributed by atoms with Gasteiger partial charge in [0.05, 0.1) is 12.1 Å². The zero-order valence-corrected chi connectivity index (χ0v) is 12.0. The van der Waals surface area contributed by atoms with E-state index in [1.54, 1.807) is 38.1 Å². The lowest BCUT2D eigenvalue weighted by Crippen LogP contribution is -2.38. The zero-order chi connectivity index (χ0) is 16.3. The van der Waals surface area contributed by atoms with E-state index >= 15 is 0 Å². The van der Waals surface area contributed by atoms with Crippen LogP contribution < -0.4 is 0 Å². The third-order valence-electron chi connectivity index (χ3n) is 3.14. The minimum absolute atomic E-state index is 0.474. The number of carbonyl (C=O) groups is 1. The Bertz CT molecular complexity index is 721. The summed E-state index contributed by atoms with van der Waals surface area (Å²) >= 11 is 0. The molecule has 0 bridgehead atoms. The number of hydrogen-bond acceptors (Lipinski definition) is 4. The molecule has 0 radical (unpaired) electrons. The molecule has 22 heavy (non-hydrogen) atoms. The Labute approximate surface area is 124 Å². The van der Waals surface area contributed by atoms with Gasteiger partial charge in [-0.3, -0.25) is 0 Å². The Morgan fingerprint density at radius 1 is 1.27 bits per heavy atom. The van der Waals surface area contributed by atoms with Crippen LogP contribution in [0.1, 0.15) is 20.3 Å². The lowest BCUT2D eigenvalue weighted by molar-refractivity contribution is -0.153. The summed E-state index contributed by atoms with van der Waals surface area (Å²) in [6.07, 6.45) is -3.07. The average Bonchev–Trinajstić information content (AvgIpc) is 2.91. The van der Waals surface area contributed by atoms with Gasteiger partial charge in [-0.05, 0) is 26.0 Å². The third-order valence-corrected chi connectivity index (χ3v) is 3.14. The molecule has 0 spiro atoms. The number of carbonyl (C=O) groups excluding carboxylic acids is 1. The summed E-state index contributed by atoms with van der Waals surface area (Å²) < 4.78 is 42.8. The van der Waals surface area contributed by atoms with Gasteiger partial charge in [-0.1, -0.05) is 17.3 Å². The van der Waals surface area contributed by atoms with Gasteiger partial charge in [0.25, 0.3) is 0 Å². The largest absolute Gasteiger partial charge is 0.463 e. The summed E-state index contributed by atoms with van der Waals surface area (Å²) in [5.41, 5.74) is 0.0343. The first-order valence-corrected chi connectivity index (χ1v) is 6.52. The van der Waals surface area contributed by atoms with E-state index in [0.717, 1.165) is 0 Å². The fourth-order valence-electron chi connectivity index (χ4n) is 1.87. The molecule has 1 aromatic carbocycles. The molecule has 0 amide bonds. The molecule has 0 unspecified atom stereocenters. The molecule has 0 aliphatic carbocycles. The molecule has 0 aliphatic rings. The Kier molecular flexibility index (Phi) is 4.48. The number of hydrogen-bond donors (Lipinski definition) is 0. The molecule has 1 aromatic heterocycles. The highest BCUT2D eigenvalue weighted by Crippen LogP contribution is 2.22. The van der Waals surface area contributed by atoms with Crippen molar-refractivity contribution in [3.8, 4) is 0 Å². The van der Waals surface area contributed by atoms with E-state index in [9.17, 15) is 18.0 Å². The van der Waals surface area contributed by atoms with Crippen molar-refractivity contribution < 1.29 is 22.7 Å². The minimum Gasteiger partial charge on any atom is -0.463 e. The second-order valence-electron chi connectivity index (χ2n) is 5.10. The second-order valence-corrected chi connectivity index (χ2v) is 5.10. The van der Waals surface area contributed by atoms with Crippen molar-refractivity contribution in [3.05, 3.63) is 36.2 Å². The first kappa shape index (κ1) is 16.0. The smallest absolute Gasteiger partial charge is 0.333 e. The normalized spacial score (nSPS) is 11.5. The van der Waals surface area contributed by atoms with Crippen LogP contribution in [0.25, 0.3) is 11.0 Å². The highest BCUT2D eigenvalue weighted by atomic mass is 19.3. The lowest BCUT2D eigenvalue weighted by atomic mass is 10.1. The van der Waals surface area contributed by atoms with E-state index in [0.29, 0.717) is 11.0 Å². The number of halogens is 3. The van der Waals surface area contributed by atoms with Crippen molar-refractivity contribution in [2.75, 3.05) is 6.61 Å². The van der Waals surface area contributed by atoms with Gasteiger partial charge in [0.15, 0.2) is 11.4 Å². The predicted octanol–water partition coefficient (Wildman–Crippen LogP) is 3.18. The highest BCUT2D eigenvalue weighted by molar-refractivity contribution is 5.82. The van der Waals surface area contributed by atoms with E-state index in [1.807, 2.05) is 0 Å². The van der Waals surface area contributed by atoms with E-state index < -0.39 is 36.4 Å². The van der Waals surface area contributed by atoms with Gasteiger partial charge < -0.3 is 4.74 Å². The van der Waals surface area contributed by atoms with Crippen LogP contribution in [-0.4, -0.2) is 27.6 Å². The number of para-hydroxylation sites is 1. The molecule has 0 saturated carbocycles. The summed E-state index contributed by atoms with van der Waals surface area (Å²) in [5.74, 6) is -2.30. The fraction of sp³-hybridized carbons (Fsp3) is 0.357. The van der Waals surface area contributed by atoms with E-state index in [-0.39, 0.29) is 0 Å². The molecule has 2 aromatic rings. The average molecular weight is 313 g/mol. The third kappa shape index (κ3) is 3.10. The second kappa shape index (κ2) is 6.17. The molecule has 0 fully saturated rings. The topological polar surface area (TPSA) is 57.0 Å². The molecule has 0 aliphatic heterocycles. The van der Waals surface area contributed by atoms with Crippen molar-refractivity contribution in [1.82, 2.24) is 15.0 Å². The number of rotatable bonds is 5. The molecule has 5 nitrogen and oxygen atoms in total. The van der Waals surface area contributed by atoms with Gasteiger partial charge in [0.1, 0.15) is 5.52 Å². The fourth-order valence-corrected chi connectivity index (χ4v) is 1.87. The molecule has 118 valence electrons. The first-order valence-electron chi connectivity index (χ1n) is 6.52. The maximum atomic E-state index is 12.7. The molecule has 1 heterocycles. The van der Waals surface area contributed by atoms with Crippen molar-refractivity contribution >= 4 is 17.0 Å². The lowest BCUT2D eigenvalue weighted by Gasteiger charge is -2.23. The maximum Gasteiger partial charge on any atom is 0.333 e. The summed E-state index contributed by atoms with van der Waals surface area (Å²) in [5, 5.41) is 7.86. The first-order chi connectivity index (χ1) is 10.3. The minimum atomic E-state index is -2.41. The van der Waals surface area contributed by atoms with Crippen molar-refractivity contribution in [2.45, 2.75) is 25.8 Å². The number of ether oxygens (including phenoxy) is 1. The Morgan fingerprint density at radius 2 is 1.95 bits per heavy atom. The van der Waals surface area contributed by atoms with Gasteiger partial charge in [-0.15, -0.1) is 5.10 Å². The van der Waals surface area contributed by atoms with E-state index in [4.69, 9.17) is 4.74 Å². The number of benzene rings is 1. The zero-order valence-electron chi connectivity index (χ0n) is 12.0. The van der Waals surface area contributed by atoms with Crippen LogP contribution in [0, 0.1) is 0 Å². The summed E-state index contributed by atoms with van der Waals surface area (Å²) in [7, 11) is 0. The van der Waals surface area contributed by atoms with Crippen LogP contribution >= 0.6 is 0 Å². The molecule has 0 saturated heterocycles.